The molecule has 3 aromatic rings. The van der Waals surface area contributed by atoms with Crippen LogP contribution in [0.25, 0.3) is 0 Å². The lowest BCUT2D eigenvalue weighted by atomic mass is 9.76. The summed E-state index contributed by atoms with van der Waals surface area (Å²) < 4.78 is 20.7. The summed E-state index contributed by atoms with van der Waals surface area (Å²) in [5, 5.41) is 0. The van der Waals surface area contributed by atoms with Crippen molar-refractivity contribution in [3.8, 4) is 0 Å². The molecule has 0 N–H and O–H groups in total. The second kappa shape index (κ2) is 12.3. The van der Waals surface area contributed by atoms with Gasteiger partial charge in [0.1, 0.15) is 0 Å². The number of halogens is 1. The second-order valence-electron chi connectivity index (χ2n) is 9.91. The molecule has 0 aromatic heterocycles. The van der Waals surface area contributed by atoms with Gasteiger partial charge in [0.2, 0.25) is 0 Å². The van der Waals surface area contributed by atoms with E-state index in [1.165, 1.54) is 22.3 Å². The van der Waals surface area contributed by atoms with Crippen LogP contribution in [0, 0.1) is 18.8 Å². The van der Waals surface area contributed by atoms with Crippen LogP contribution in [-0.2, 0) is 27.4 Å². The molecule has 0 bridgehead atoms. The number of ether oxygens (including phenoxy) is 3. The highest BCUT2D eigenvalue weighted by atomic mass is 79.9. The fourth-order valence-corrected chi connectivity index (χ4v) is 5.62. The van der Waals surface area contributed by atoms with Crippen LogP contribution in [0.15, 0.2) is 83.3 Å². The molecule has 0 radical (unpaired) electrons. The first kappa shape index (κ1) is 26.1. The zero-order valence-corrected chi connectivity index (χ0v) is 22.8. The third kappa shape index (κ3) is 6.62. The van der Waals surface area contributed by atoms with Gasteiger partial charge in [-0.05, 0) is 53.1 Å². The summed E-state index contributed by atoms with van der Waals surface area (Å²) in [5.74, 6) is 0.845. The van der Waals surface area contributed by atoms with Crippen LogP contribution in [0.4, 0.5) is 0 Å². The summed E-state index contributed by atoms with van der Waals surface area (Å²) in [4.78, 5) is 0. The van der Waals surface area contributed by atoms with Gasteiger partial charge < -0.3 is 14.2 Å². The maximum atomic E-state index is 6.85. The van der Waals surface area contributed by atoms with Crippen LogP contribution in [-0.4, -0.2) is 24.9 Å². The molecule has 0 spiro atoms. The number of rotatable bonds is 9. The quantitative estimate of drug-likeness (QED) is 0.280. The molecular weight excluding hydrogens is 500 g/mol. The normalized spacial score (nSPS) is 25.3. The lowest BCUT2D eigenvalue weighted by Gasteiger charge is -2.47. The Bertz CT molecular complexity index is 1050. The Morgan fingerprint density at radius 3 is 2.11 bits per heavy atom. The molecule has 2 unspecified atom stereocenters. The van der Waals surface area contributed by atoms with Crippen LogP contribution in [0.2, 0.25) is 0 Å². The van der Waals surface area contributed by atoms with Gasteiger partial charge in [0, 0.05) is 10.4 Å². The Balaban J connectivity index is 1.52. The molecule has 0 saturated carbocycles. The van der Waals surface area contributed by atoms with Gasteiger partial charge in [-0.1, -0.05) is 103 Å². The molecule has 186 valence electrons. The summed E-state index contributed by atoms with van der Waals surface area (Å²) >= 11 is 3.61. The molecule has 1 aliphatic heterocycles. The molecule has 0 aliphatic carbocycles. The van der Waals surface area contributed by atoms with Gasteiger partial charge in [-0.25, -0.2) is 0 Å². The summed E-state index contributed by atoms with van der Waals surface area (Å²) in [6.45, 7) is 10.8. The number of benzene rings is 3. The summed E-state index contributed by atoms with van der Waals surface area (Å²) in [7, 11) is 0. The minimum absolute atomic E-state index is 0.00590. The first-order chi connectivity index (χ1) is 16.9. The van der Waals surface area contributed by atoms with E-state index in [4.69, 9.17) is 14.2 Å². The van der Waals surface area contributed by atoms with E-state index in [0.29, 0.717) is 31.7 Å². The molecule has 4 heteroatoms. The molecule has 0 amide bonds. The standard InChI is InChI=1S/C31H37BrO3/c1-21-17-27(32)15-16-28(21)24(4)31-30(34-19-26-13-9-6-10-14-26)23(3)22(2)29(35-31)20-33-18-25-11-7-5-8-12-25/h5-17,22-24,29-31H,18-20H2,1-4H3/t22-,23-,24+,29?,30?,31+/m0/s1. The van der Waals surface area contributed by atoms with Crippen molar-refractivity contribution in [1.82, 2.24) is 0 Å². The van der Waals surface area contributed by atoms with Gasteiger partial charge in [-0.15, -0.1) is 0 Å². The molecule has 4 rings (SSSR count). The maximum absolute atomic E-state index is 6.85. The number of hydrogen-bond donors (Lipinski definition) is 0. The monoisotopic (exact) mass is 536 g/mol. The van der Waals surface area contributed by atoms with Gasteiger partial charge in [-0.2, -0.15) is 0 Å². The van der Waals surface area contributed by atoms with Crippen molar-refractivity contribution >= 4 is 15.9 Å². The summed E-state index contributed by atoms with van der Waals surface area (Å²) in [6, 6.07) is 27.3. The van der Waals surface area contributed by atoms with E-state index in [1.54, 1.807) is 0 Å². The zero-order chi connectivity index (χ0) is 24.8. The molecular formula is C31H37BrO3. The molecule has 35 heavy (non-hydrogen) atoms. The van der Waals surface area contributed by atoms with E-state index in [-0.39, 0.29) is 24.2 Å². The zero-order valence-electron chi connectivity index (χ0n) is 21.2. The summed E-state index contributed by atoms with van der Waals surface area (Å²) in [5.41, 5.74) is 4.94. The van der Waals surface area contributed by atoms with Crippen molar-refractivity contribution in [2.24, 2.45) is 11.8 Å². The largest absolute Gasteiger partial charge is 0.374 e. The fourth-order valence-electron chi connectivity index (χ4n) is 5.14. The highest BCUT2D eigenvalue weighted by Crippen LogP contribution is 2.40. The van der Waals surface area contributed by atoms with Crippen LogP contribution in [0.5, 0.6) is 0 Å². The molecule has 3 aromatic carbocycles. The van der Waals surface area contributed by atoms with Crippen molar-refractivity contribution in [2.75, 3.05) is 6.61 Å². The molecule has 1 saturated heterocycles. The SMILES string of the molecule is Cc1cc(Br)ccc1[C@@H](C)[C@H]1OC(COCc2ccccc2)[C@@H](C)[C@H](C)C1OCc1ccccc1. The van der Waals surface area contributed by atoms with Crippen molar-refractivity contribution in [2.45, 2.75) is 65.1 Å². The highest BCUT2D eigenvalue weighted by Gasteiger charge is 2.44. The third-order valence-electron chi connectivity index (χ3n) is 7.48. The maximum Gasteiger partial charge on any atom is 0.0910 e. The van der Waals surface area contributed by atoms with Gasteiger partial charge in [0.05, 0.1) is 38.1 Å². The van der Waals surface area contributed by atoms with Crippen LogP contribution in [0.3, 0.4) is 0 Å². The van der Waals surface area contributed by atoms with Gasteiger partial charge in [-0.3, -0.25) is 0 Å². The average Bonchev–Trinajstić information content (AvgIpc) is 2.87. The van der Waals surface area contributed by atoms with E-state index in [2.05, 4.69) is 98.2 Å². The smallest absolute Gasteiger partial charge is 0.0910 e. The van der Waals surface area contributed by atoms with Crippen molar-refractivity contribution in [3.05, 3.63) is 106 Å². The first-order valence-electron chi connectivity index (χ1n) is 12.6. The van der Waals surface area contributed by atoms with E-state index in [1.807, 2.05) is 24.3 Å². The van der Waals surface area contributed by atoms with Gasteiger partial charge >= 0.3 is 0 Å². The van der Waals surface area contributed by atoms with Crippen LogP contribution >= 0.6 is 15.9 Å². The number of aryl methyl sites for hydroxylation is 1. The first-order valence-corrected chi connectivity index (χ1v) is 13.4. The Hall–Kier alpha value is -1.98. The summed E-state index contributed by atoms with van der Waals surface area (Å²) in [6.07, 6.45) is -0.0442. The Kier molecular flexibility index (Phi) is 9.18. The highest BCUT2D eigenvalue weighted by molar-refractivity contribution is 9.10. The van der Waals surface area contributed by atoms with Crippen molar-refractivity contribution in [1.29, 1.82) is 0 Å². The molecule has 1 aliphatic rings. The second-order valence-corrected chi connectivity index (χ2v) is 10.8. The van der Waals surface area contributed by atoms with E-state index in [0.717, 1.165) is 4.47 Å². The minimum Gasteiger partial charge on any atom is -0.374 e. The van der Waals surface area contributed by atoms with Gasteiger partial charge in [0.15, 0.2) is 0 Å². The predicted octanol–water partition coefficient (Wildman–Crippen LogP) is 7.70. The molecule has 1 fully saturated rings. The lowest BCUT2D eigenvalue weighted by Crippen LogP contribution is -2.53. The van der Waals surface area contributed by atoms with E-state index in [9.17, 15) is 0 Å². The molecule has 6 atom stereocenters. The van der Waals surface area contributed by atoms with Crippen molar-refractivity contribution < 1.29 is 14.2 Å². The third-order valence-corrected chi connectivity index (χ3v) is 7.98. The minimum atomic E-state index is -0.0601. The van der Waals surface area contributed by atoms with E-state index >= 15 is 0 Å². The number of hydrogen-bond acceptors (Lipinski definition) is 3. The Labute approximate surface area is 218 Å². The lowest BCUT2D eigenvalue weighted by molar-refractivity contribution is -0.209. The van der Waals surface area contributed by atoms with Gasteiger partial charge in [0.25, 0.3) is 0 Å². The predicted molar refractivity (Wildman–Crippen MR) is 145 cm³/mol. The van der Waals surface area contributed by atoms with E-state index < -0.39 is 0 Å². The van der Waals surface area contributed by atoms with Crippen LogP contribution in [0.1, 0.15) is 48.9 Å². The Morgan fingerprint density at radius 1 is 0.857 bits per heavy atom. The van der Waals surface area contributed by atoms with Crippen molar-refractivity contribution in [3.63, 3.8) is 0 Å². The Morgan fingerprint density at radius 2 is 1.49 bits per heavy atom. The topological polar surface area (TPSA) is 27.7 Å². The molecule has 1 heterocycles. The average molecular weight is 538 g/mol. The van der Waals surface area contributed by atoms with Crippen LogP contribution < -0.4 is 0 Å². The fraction of sp³-hybridized carbons (Fsp3) is 0.419. The molecule has 3 nitrogen and oxygen atoms in total.